The van der Waals surface area contributed by atoms with Crippen molar-refractivity contribution in [2.75, 3.05) is 11.1 Å². The van der Waals surface area contributed by atoms with Crippen molar-refractivity contribution in [3.05, 3.63) is 56.9 Å². The van der Waals surface area contributed by atoms with Gasteiger partial charge in [-0.2, -0.15) is 0 Å². The predicted octanol–water partition coefficient (Wildman–Crippen LogP) is 3.54. The van der Waals surface area contributed by atoms with Crippen molar-refractivity contribution in [3.63, 3.8) is 0 Å². The number of nitrogens with one attached hydrogen (secondary N) is 1. The lowest BCUT2D eigenvalue weighted by atomic mass is 10.1. The van der Waals surface area contributed by atoms with E-state index in [2.05, 4.69) is 5.32 Å². The van der Waals surface area contributed by atoms with E-state index in [-0.39, 0.29) is 11.3 Å². The summed E-state index contributed by atoms with van der Waals surface area (Å²) >= 11 is 1.83. The molecule has 0 fully saturated rings. The number of hydrogen-bond donors (Lipinski definition) is 2. The molecule has 104 valence electrons. The molecule has 2 aromatic rings. The van der Waals surface area contributed by atoms with Crippen LogP contribution in [-0.4, -0.2) is 5.91 Å². The van der Waals surface area contributed by atoms with Crippen LogP contribution in [0, 0.1) is 21.0 Å². The zero-order valence-corrected chi connectivity index (χ0v) is 12.0. The van der Waals surface area contributed by atoms with Crippen molar-refractivity contribution in [2.24, 2.45) is 0 Å². The molecule has 3 N–H and O–H groups in total. The Morgan fingerprint density at radius 2 is 1.80 bits per heavy atom. The maximum Gasteiger partial charge on any atom is 0.258 e. The molecule has 2 rings (SSSR count). The summed E-state index contributed by atoms with van der Waals surface area (Å²) < 4.78 is 39.9. The van der Waals surface area contributed by atoms with Crippen LogP contribution in [0.25, 0.3) is 0 Å². The molecule has 0 aliphatic carbocycles. The summed E-state index contributed by atoms with van der Waals surface area (Å²) in [6, 6.07) is 5.18. The lowest BCUT2D eigenvalue weighted by Gasteiger charge is -2.09. The van der Waals surface area contributed by atoms with Crippen LogP contribution in [0.5, 0.6) is 0 Å². The maximum absolute atomic E-state index is 13.5. The predicted molar refractivity (Wildman–Crippen MR) is 77.8 cm³/mol. The van der Waals surface area contributed by atoms with Gasteiger partial charge in [0, 0.05) is 9.64 Å². The molecule has 0 unspecified atom stereocenters. The van der Waals surface area contributed by atoms with Gasteiger partial charge in [-0.15, -0.1) is 0 Å². The Hall–Kier alpha value is -1.77. The van der Waals surface area contributed by atoms with E-state index in [0.29, 0.717) is 15.3 Å². The normalized spacial score (nSPS) is 10.4. The minimum absolute atomic E-state index is 0.319. The summed E-state index contributed by atoms with van der Waals surface area (Å²) in [7, 11) is 0. The van der Waals surface area contributed by atoms with Crippen LogP contribution in [0.1, 0.15) is 10.4 Å². The number of nitrogens with two attached hydrogens (primary N) is 1. The fourth-order valence-corrected chi connectivity index (χ4v) is 2.13. The van der Waals surface area contributed by atoms with Gasteiger partial charge in [0.25, 0.3) is 5.91 Å². The van der Waals surface area contributed by atoms with Gasteiger partial charge in [-0.3, -0.25) is 4.79 Å². The second-order valence-corrected chi connectivity index (χ2v) is 5.09. The minimum Gasteiger partial charge on any atom is -0.396 e. The molecule has 0 saturated carbocycles. The molecule has 0 aliphatic rings. The van der Waals surface area contributed by atoms with Crippen molar-refractivity contribution < 1.29 is 18.0 Å². The van der Waals surface area contributed by atoms with E-state index in [0.717, 1.165) is 12.1 Å². The molecule has 3 nitrogen and oxygen atoms in total. The number of carbonyl (C=O) groups excluding carboxylic acids is 1. The Kier molecular flexibility index (Phi) is 4.17. The number of nitrogen functional groups attached to an aromatic ring is 1. The number of carbonyl (C=O) groups is 1. The molecule has 0 saturated heterocycles. The van der Waals surface area contributed by atoms with Crippen LogP contribution in [0.3, 0.4) is 0 Å². The van der Waals surface area contributed by atoms with Crippen LogP contribution in [0.15, 0.2) is 30.3 Å². The molecule has 0 atom stereocenters. The van der Waals surface area contributed by atoms with E-state index >= 15 is 0 Å². The highest BCUT2D eigenvalue weighted by Gasteiger charge is 2.16. The molecule has 0 aromatic heterocycles. The van der Waals surface area contributed by atoms with Crippen molar-refractivity contribution in [1.82, 2.24) is 0 Å². The topological polar surface area (TPSA) is 55.1 Å². The lowest BCUT2D eigenvalue weighted by Crippen LogP contribution is -2.15. The van der Waals surface area contributed by atoms with Crippen molar-refractivity contribution >= 4 is 39.9 Å². The number of amides is 1. The second kappa shape index (κ2) is 5.70. The molecular weight excluding hydrogens is 384 g/mol. The molecule has 2 aromatic carbocycles. The number of rotatable bonds is 2. The molecule has 0 spiro atoms. The van der Waals surface area contributed by atoms with Crippen molar-refractivity contribution in [2.45, 2.75) is 0 Å². The quantitative estimate of drug-likeness (QED) is 0.607. The average Bonchev–Trinajstić information content (AvgIpc) is 2.37. The lowest BCUT2D eigenvalue weighted by molar-refractivity contribution is 0.102. The maximum atomic E-state index is 13.5. The van der Waals surface area contributed by atoms with Crippen LogP contribution < -0.4 is 11.1 Å². The first-order valence-corrected chi connectivity index (χ1v) is 6.47. The summed E-state index contributed by atoms with van der Waals surface area (Å²) in [6.45, 7) is 0. The Morgan fingerprint density at radius 1 is 1.10 bits per heavy atom. The molecule has 0 aliphatic heterocycles. The number of halogens is 4. The van der Waals surface area contributed by atoms with E-state index < -0.39 is 23.4 Å². The molecule has 20 heavy (non-hydrogen) atoms. The Labute approximate surface area is 126 Å². The fourth-order valence-electron chi connectivity index (χ4n) is 1.52. The smallest absolute Gasteiger partial charge is 0.258 e. The molecule has 0 bridgehead atoms. The summed E-state index contributed by atoms with van der Waals surface area (Å²) in [5, 5.41) is 2.41. The Bertz CT molecular complexity index is 692. The van der Waals surface area contributed by atoms with Gasteiger partial charge < -0.3 is 11.1 Å². The zero-order valence-electron chi connectivity index (χ0n) is 9.88. The van der Waals surface area contributed by atoms with E-state index in [9.17, 15) is 18.0 Å². The van der Waals surface area contributed by atoms with Crippen molar-refractivity contribution in [1.29, 1.82) is 0 Å². The van der Waals surface area contributed by atoms with Crippen LogP contribution in [-0.2, 0) is 0 Å². The molecule has 0 radical (unpaired) electrons. The van der Waals surface area contributed by atoms with E-state index in [4.69, 9.17) is 5.73 Å². The SMILES string of the molecule is Nc1cc(C(=O)Nc2ccc(F)cc2I)c(F)cc1F. The van der Waals surface area contributed by atoms with Gasteiger partial charge >= 0.3 is 0 Å². The van der Waals surface area contributed by atoms with Crippen molar-refractivity contribution in [3.8, 4) is 0 Å². The van der Waals surface area contributed by atoms with E-state index in [1.807, 2.05) is 22.6 Å². The molecule has 1 amide bonds. The van der Waals surface area contributed by atoms with Crippen LogP contribution in [0.2, 0.25) is 0 Å². The van der Waals surface area contributed by atoms with Gasteiger partial charge in [0.15, 0.2) is 0 Å². The minimum atomic E-state index is -1.02. The monoisotopic (exact) mass is 392 g/mol. The molecule has 7 heteroatoms. The number of hydrogen-bond acceptors (Lipinski definition) is 2. The van der Waals surface area contributed by atoms with Crippen LogP contribution >= 0.6 is 22.6 Å². The second-order valence-electron chi connectivity index (χ2n) is 3.93. The van der Waals surface area contributed by atoms with E-state index in [1.165, 1.54) is 12.1 Å². The first-order chi connectivity index (χ1) is 9.38. The standard InChI is InChI=1S/C13H8F3IN2O/c14-6-1-2-12(10(17)3-6)19-13(20)7-4-11(18)9(16)5-8(7)15/h1-5H,18H2,(H,19,20). The van der Waals surface area contributed by atoms with Gasteiger partial charge in [-0.05, 0) is 46.9 Å². The van der Waals surface area contributed by atoms with E-state index in [1.54, 1.807) is 0 Å². The molecule has 0 heterocycles. The third kappa shape index (κ3) is 3.03. The fraction of sp³-hybridized carbons (Fsp3) is 0. The third-order valence-electron chi connectivity index (χ3n) is 2.51. The summed E-state index contributed by atoms with van der Waals surface area (Å²) in [5.41, 5.74) is 4.90. The summed E-state index contributed by atoms with van der Waals surface area (Å²) in [4.78, 5) is 11.9. The largest absolute Gasteiger partial charge is 0.396 e. The summed E-state index contributed by atoms with van der Waals surface area (Å²) in [5.74, 6) is -3.20. The first kappa shape index (κ1) is 14.6. The average molecular weight is 392 g/mol. The first-order valence-electron chi connectivity index (χ1n) is 5.39. The van der Waals surface area contributed by atoms with Gasteiger partial charge in [0.2, 0.25) is 0 Å². The highest BCUT2D eigenvalue weighted by molar-refractivity contribution is 14.1. The highest BCUT2D eigenvalue weighted by atomic mass is 127. The third-order valence-corrected chi connectivity index (χ3v) is 3.40. The van der Waals surface area contributed by atoms with Gasteiger partial charge in [0.1, 0.15) is 17.5 Å². The zero-order chi connectivity index (χ0) is 14.9. The summed E-state index contributed by atoms with van der Waals surface area (Å²) in [6.07, 6.45) is 0. The van der Waals surface area contributed by atoms with Crippen LogP contribution in [0.4, 0.5) is 24.5 Å². The number of benzene rings is 2. The highest BCUT2D eigenvalue weighted by Crippen LogP contribution is 2.22. The Balaban J connectivity index is 2.31. The molecular formula is C13H8F3IN2O. The Morgan fingerprint density at radius 3 is 2.45 bits per heavy atom. The number of anilines is 2. The van der Waals surface area contributed by atoms with Gasteiger partial charge in [0.05, 0.1) is 16.9 Å². The van der Waals surface area contributed by atoms with Gasteiger partial charge in [-0.1, -0.05) is 0 Å². The van der Waals surface area contributed by atoms with Gasteiger partial charge in [-0.25, -0.2) is 13.2 Å².